The highest BCUT2D eigenvalue weighted by molar-refractivity contribution is 5.77. The van der Waals surface area contributed by atoms with Crippen LogP contribution in [-0.2, 0) is 16.0 Å². The molecule has 2 fully saturated rings. The van der Waals surface area contributed by atoms with E-state index in [2.05, 4.69) is 0 Å². The molecule has 3 atom stereocenters. The van der Waals surface area contributed by atoms with Crippen molar-refractivity contribution in [3.05, 3.63) is 24.2 Å². The molecule has 1 aromatic rings. The maximum absolute atomic E-state index is 12.5. The van der Waals surface area contributed by atoms with Crippen LogP contribution >= 0.6 is 0 Å². The van der Waals surface area contributed by atoms with Gasteiger partial charge >= 0.3 is 0 Å². The van der Waals surface area contributed by atoms with Gasteiger partial charge in [0.05, 0.1) is 37.9 Å². The molecule has 0 spiro atoms. The number of carbonyl (C=O) groups excluding carboxylic acids is 1. The SMILES string of the molecule is O=C(CCc1ccoc1)N1CCOC[C@@H]1[C@@H]1CCC[C@H]1O. The predicted octanol–water partition coefficient (Wildman–Crippen LogP) is 1.60. The first-order valence-electron chi connectivity index (χ1n) is 7.82. The number of aliphatic hydroxyl groups excluding tert-OH is 1. The topological polar surface area (TPSA) is 62.9 Å². The maximum Gasteiger partial charge on any atom is 0.223 e. The van der Waals surface area contributed by atoms with Gasteiger partial charge in [0.1, 0.15) is 0 Å². The summed E-state index contributed by atoms with van der Waals surface area (Å²) in [5, 5.41) is 10.1. The Labute approximate surface area is 124 Å². The normalized spacial score (nSPS) is 29.8. The molecule has 1 aliphatic heterocycles. The molecule has 2 aliphatic rings. The van der Waals surface area contributed by atoms with Gasteiger partial charge in [-0.3, -0.25) is 4.79 Å². The van der Waals surface area contributed by atoms with Gasteiger partial charge in [-0.2, -0.15) is 0 Å². The second-order valence-corrected chi connectivity index (χ2v) is 6.02. The summed E-state index contributed by atoms with van der Waals surface area (Å²) in [6.45, 7) is 1.79. The number of ether oxygens (including phenoxy) is 1. The van der Waals surface area contributed by atoms with E-state index in [0.29, 0.717) is 32.6 Å². The van der Waals surface area contributed by atoms with Gasteiger partial charge in [-0.25, -0.2) is 0 Å². The summed E-state index contributed by atoms with van der Waals surface area (Å²) in [5.74, 6) is 0.326. The van der Waals surface area contributed by atoms with Crippen molar-refractivity contribution in [2.75, 3.05) is 19.8 Å². The fourth-order valence-corrected chi connectivity index (χ4v) is 3.53. The van der Waals surface area contributed by atoms with Crippen LogP contribution < -0.4 is 0 Å². The largest absolute Gasteiger partial charge is 0.472 e. The van der Waals surface area contributed by atoms with Gasteiger partial charge in [0, 0.05) is 18.9 Å². The molecular formula is C16H23NO4. The van der Waals surface area contributed by atoms with Crippen molar-refractivity contribution in [2.45, 2.75) is 44.2 Å². The quantitative estimate of drug-likeness (QED) is 0.916. The molecule has 0 bridgehead atoms. The van der Waals surface area contributed by atoms with Crippen LogP contribution in [0.25, 0.3) is 0 Å². The summed E-state index contributed by atoms with van der Waals surface area (Å²) < 4.78 is 10.6. The zero-order valence-electron chi connectivity index (χ0n) is 12.2. The van der Waals surface area contributed by atoms with Crippen molar-refractivity contribution in [3.63, 3.8) is 0 Å². The zero-order chi connectivity index (χ0) is 14.7. The number of furan rings is 1. The van der Waals surface area contributed by atoms with E-state index in [-0.39, 0.29) is 24.0 Å². The molecule has 3 rings (SSSR count). The Morgan fingerprint density at radius 2 is 2.33 bits per heavy atom. The first-order chi connectivity index (χ1) is 10.3. The Hall–Kier alpha value is -1.33. The summed E-state index contributed by atoms with van der Waals surface area (Å²) in [7, 11) is 0. The van der Waals surface area contributed by atoms with Crippen molar-refractivity contribution in [1.82, 2.24) is 4.90 Å². The average Bonchev–Trinajstić information content (AvgIpc) is 3.16. The van der Waals surface area contributed by atoms with E-state index in [1.54, 1.807) is 12.5 Å². The van der Waals surface area contributed by atoms with Gasteiger partial charge in [-0.1, -0.05) is 6.42 Å². The second kappa shape index (κ2) is 6.62. The van der Waals surface area contributed by atoms with E-state index < -0.39 is 0 Å². The van der Waals surface area contributed by atoms with E-state index in [9.17, 15) is 9.90 Å². The van der Waals surface area contributed by atoms with Crippen LogP contribution in [0.5, 0.6) is 0 Å². The third kappa shape index (κ3) is 3.30. The molecule has 1 aromatic heterocycles. The van der Waals surface area contributed by atoms with Crippen molar-refractivity contribution in [3.8, 4) is 0 Å². The van der Waals surface area contributed by atoms with Crippen LogP contribution in [0.2, 0.25) is 0 Å². The standard InChI is InChI=1S/C16H23NO4/c18-15-3-1-2-13(15)14-11-21-9-7-17(14)16(19)5-4-12-6-8-20-10-12/h6,8,10,13-15,18H,1-5,7,9,11H2/t13-,14+,15+/m0/s1. The van der Waals surface area contributed by atoms with E-state index >= 15 is 0 Å². The highest BCUT2D eigenvalue weighted by Gasteiger charge is 2.39. The van der Waals surface area contributed by atoms with Crippen molar-refractivity contribution in [2.24, 2.45) is 5.92 Å². The van der Waals surface area contributed by atoms with E-state index in [1.807, 2.05) is 11.0 Å². The lowest BCUT2D eigenvalue weighted by molar-refractivity contribution is -0.143. The number of aliphatic hydroxyl groups is 1. The minimum Gasteiger partial charge on any atom is -0.472 e. The predicted molar refractivity (Wildman–Crippen MR) is 76.7 cm³/mol. The third-order valence-corrected chi connectivity index (χ3v) is 4.72. The molecular weight excluding hydrogens is 270 g/mol. The molecule has 116 valence electrons. The molecule has 21 heavy (non-hydrogen) atoms. The Bertz CT molecular complexity index is 459. The number of amides is 1. The number of rotatable bonds is 4. The minimum atomic E-state index is -0.291. The van der Waals surface area contributed by atoms with Crippen LogP contribution in [0, 0.1) is 5.92 Å². The Morgan fingerprint density at radius 3 is 3.05 bits per heavy atom. The first kappa shape index (κ1) is 14.6. The molecule has 1 amide bonds. The van der Waals surface area contributed by atoms with Crippen molar-refractivity contribution in [1.29, 1.82) is 0 Å². The number of carbonyl (C=O) groups is 1. The maximum atomic E-state index is 12.5. The van der Waals surface area contributed by atoms with Crippen molar-refractivity contribution >= 4 is 5.91 Å². The molecule has 1 saturated carbocycles. The fourth-order valence-electron chi connectivity index (χ4n) is 3.53. The summed E-state index contributed by atoms with van der Waals surface area (Å²) in [4.78, 5) is 14.5. The van der Waals surface area contributed by atoms with Crippen LogP contribution in [-0.4, -0.2) is 47.8 Å². The lowest BCUT2D eigenvalue weighted by atomic mass is 9.94. The molecule has 1 N–H and O–H groups in total. The summed E-state index contributed by atoms with van der Waals surface area (Å²) >= 11 is 0. The Kier molecular flexibility index (Phi) is 4.60. The van der Waals surface area contributed by atoms with Crippen LogP contribution in [0.4, 0.5) is 0 Å². The van der Waals surface area contributed by atoms with Crippen molar-refractivity contribution < 1.29 is 19.1 Å². The van der Waals surface area contributed by atoms with Crippen LogP contribution in [0.15, 0.2) is 23.0 Å². The first-order valence-corrected chi connectivity index (χ1v) is 7.82. The third-order valence-electron chi connectivity index (χ3n) is 4.72. The number of hydrogen-bond donors (Lipinski definition) is 1. The molecule has 1 aliphatic carbocycles. The number of nitrogens with zero attached hydrogens (tertiary/aromatic N) is 1. The molecule has 2 heterocycles. The highest BCUT2D eigenvalue weighted by Crippen LogP contribution is 2.32. The Balaban J connectivity index is 1.61. The molecule has 0 unspecified atom stereocenters. The minimum absolute atomic E-state index is 0.0353. The van der Waals surface area contributed by atoms with E-state index in [1.165, 1.54) is 0 Å². The Morgan fingerprint density at radius 1 is 1.43 bits per heavy atom. The van der Waals surface area contributed by atoms with E-state index in [4.69, 9.17) is 9.15 Å². The van der Waals surface area contributed by atoms with E-state index in [0.717, 1.165) is 24.8 Å². The van der Waals surface area contributed by atoms with Gasteiger partial charge < -0.3 is 19.2 Å². The zero-order valence-corrected chi connectivity index (χ0v) is 12.2. The van der Waals surface area contributed by atoms with Gasteiger partial charge in [-0.15, -0.1) is 0 Å². The van der Waals surface area contributed by atoms with Gasteiger partial charge in [-0.05, 0) is 30.9 Å². The molecule has 0 radical (unpaired) electrons. The average molecular weight is 293 g/mol. The fraction of sp³-hybridized carbons (Fsp3) is 0.688. The highest BCUT2D eigenvalue weighted by atomic mass is 16.5. The molecule has 5 heteroatoms. The number of hydrogen-bond acceptors (Lipinski definition) is 4. The smallest absolute Gasteiger partial charge is 0.223 e. The lowest BCUT2D eigenvalue weighted by Gasteiger charge is -2.40. The number of morpholine rings is 1. The van der Waals surface area contributed by atoms with Gasteiger partial charge in [0.2, 0.25) is 5.91 Å². The summed E-state index contributed by atoms with van der Waals surface area (Å²) in [6.07, 6.45) is 7.08. The number of aryl methyl sites for hydroxylation is 1. The summed E-state index contributed by atoms with van der Waals surface area (Å²) in [6, 6.07) is 1.93. The van der Waals surface area contributed by atoms with Crippen LogP contribution in [0.3, 0.4) is 0 Å². The van der Waals surface area contributed by atoms with Gasteiger partial charge in [0.15, 0.2) is 0 Å². The van der Waals surface area contributed by atoms with Gasteiger partial charge in [0.25, 0.3) is 0 Å². The summed E-state index contributed by atoms with van der Waals surface area (Å²) in [5.41, 5.74) is 1.05. The second-order valence-electron chi connectivity index (χ2n) is 6.02. The monoisotopic (exact) mass is 293 g/mol. The molecule has 5 nitrogen and oxygen atoms in total. The molecule has 0 aromatic carbocycles. The molecule has 1 saturated heterocycles. The lowest BCUT2D eigenvalue weighted by Crippen LogP contribution is -2.53. The van der Waals surface area contributed by atoms with Crippen LogP contribution in [0.1, 0.15) is 31.2 Å².